The number of benzene rings is 1. The van der Waals surface area contributed by atoms with Gasteiger partial charge in [-0.05, 0) is 49.4 Å². The minimum atomic E-state index is -0.210. The molecule has 25 heavy (non-hydrogen) atoms. The number of hydrogen-bond acceptors (Lipinski definition) is 4. The molecule has 1 unspecified atom stereocenters. The molecule has 2 heterocycles. The number of piperidine rings is 1. The first-order valence-electron chi connectivity index (χ1n) is 8.17. The molecular formula is C17H22Cl2N4OS. The molecule has 1 aliphatic rings. The molecule has 1 amide bonds. The SMILES string of the molecule is CCSc1ccc(Cl)cc1NC(=O)c1ccn(C2CCCNC2)n1.Cl. The van der Waals surface area contributed by atoms with E-state index < -0.39 is 0 Å². The lowest BCUT2D eigenvalue weighted by atomic mass is 10.1. The lowest BCUT2D eigenvalue weighted by Crippen LogP contribution is -2.32. The number of halogens is 2. The maximum Gasteiger partial charge on any atom is 0.276 e. The van der Waals surface area contributed by atoms with Gasteiger partial charge in [-0.1, -0.05) is 18.5 Å². The fraction of sp³-hybridized carbons (Fsp3) is 0.412. The van der Waals surface area contributed by atoms with Crippen molar-refractivity contribution in [2.24, 2.45) is 0 Å². The topological polar surface area (TPSA) is 59.0 Å². The second-order valence-electron chi connectivity index (χ2n) is 5.71. The molecule has 2 N–H and O–H groups in total. The van der Waals surface area contributed by atoms with Gasteiger partial charge in [-0.25, -0.2) is 0 Å². The van der Waals surface area contributed by atoms with Crippen molar-refractivity contribution in [2.45, 2.75) is 30.7 Å². The summed E-state index contributed by atoms with van der Waals surface area (Å²) in [6.45, 7) is 4.02. The van der Waals surface area contributed by atoms with Crippen LogP contribution in [-0.2, 0) is 0 Å². The lowest BCUT2D eigenvalue weighted by molar-refractivity contribution is 0.102. The molecule has 5 nitrogen and oxygen atoms in total. The van der Waals surface area contributed by atoms with Gasteiger partial charge in [0.2, 0.25) is 0 Å². The Morgan fingerprint density at radius 2 is 2.32 bits per heavy atom. The van der Waals surface area contributed by atoms with Crippen molar-refractivity contribution in [1.82, 2.24) is 15.1 Å². The summed E-state index contributed by atoms with van der Waals surface area (Å²) in [5.74, 6) is 0.714. The van der Waals surface area contributed by atoms with Crippen molar-refractivity contribution in [3.63, 3.8) is 0 Å². The van der Waals surface area contributed by atoms with Crippen LogP contribution in [-0.4, -0.2) is 34.5 Å². The minimum absolute atomic E-state index is 0. The monoisotopic (exact) mass is 400 g/mol. The molecule has 0 bridgehead atoms. The van der Waals surface area contributed by atoms with Gasteiger partial charge in [-0.2, -0.15) is 5.10 Å². The zero-order valence-corrected chi connectivity index (χ0v) is 16.4. The van der Waals surface area contributed by atoms with E-state index in [9.17, 15) is 4.79 Å². The van der Waals surface area contributed by atoms with Crippen LogP contribution in [0.5, 0.6) is 0 Å². The number of nitrogens with zero attached hydrogens (tertiary/aromatic N) is 2. The van der Waals surface area contributed by atoms with Crippen molar-refractivity contribution in [3.05, 3.63) is 41.2 Å². The molecule has 0 saturated carbocycles. The van der Waals surface area contributed by atoms with Crippen molar-refractivity contribution in [3.8, 4) is 0 Å². The summed E-state index contributed by atoms with van der Waals surface area (Å²) in [5.41, 5.74) is 1.15. The summed E-state index contributed by atoms with van der Waals surface area (Å²) >= 11 is 7.73. The van der Waals surface area contributed by atoms with E-state index in [0.717, 1.165) is 42.3 Å². The third-order valence-electron chi connectivity index (χ3n) is 3.98. The summed E-state index contributed by atoms with van der Waals surface area (Å²) in [6.07, 6.45) is 4.10. The fourth-order valence-electron chi connectivity index (χ4n) is 2.79. The van der Waals surface area contributed by atoms with E-state index in [1.54, 1.807) is 23.9 Å². The highest BCUT2D eigenvalue weighted by Crippen LogP contribution is 2.30. The van der Waals surface area contributed by atoms with Crippen molar-refractivity contribution in [2.75, 3.05) is 24.2 Å². The van der Waals surface area contributed by atoms with Crippen LogP contribution < -0.4 is 10.6 Å². The fourth-order valence-corrected chi connectivity index (χ4v) is 3.70. The standard InChI is InChI=1S/C17H21ClN4OS.ClH/c1-2-24-16-6-5-12(18)10-15(16)20-17(23)14-7-9-22(21-14)13-4-3-8-19-11-13;/h5-7,9-10,13,19H,2-4,8,11H2,1H3,(H,20,23);1H. The number of thioether (sulfide) groups is 1. The van der Waals surface area contributed by atoms with E-state index in [0.29, 0.717) is 16.8 Å². The van der Waals surface area contributed by atoms with Gasteiger partial charge in [-0.3, -0.25) is 9.48 Å². The van der Waals surface area contributed by atoms with Gasteiger partial charge in [0.15, 0.2) is 5.69 Å². The number of anilines is 1. The summed E-state index contributed by atoms with van der Waals surface area (Å²) in [7, 11) is 0. The molecule has 0 radical (unpaired) electrons. The predicted molar refractivity (Wildman–Crippen MR) is 106 cm³/mol. The highest BCUT2D eigenvalue weighted by atomic mass is 35.5. The average Bonchev–Trinajstić information content (AvgIpc) is 3.08. The number of amides is 1. The van der Waals surface area contributed by atoms with Gasteiger partial charge >= 0.3 is 0 Å². The number of hydrogen-bond donors (Lipinski definition) is 2. The quantitative estimate of drug-likeness (QED) is 0.736. The first-order chi connectivity index (χ1) is 11.7. The molecule has 1 aliphatic heterocycles. The zero-order valence-electron chi connectivity index (χ0n) is 14.0. The van der Waals surface area contributed by atoms with E-state index in [1.807, 2.05) is 23.0 Å². The lowest BCUT2D eigenvalue weighted by Gasteiger charge is -2.22. The van der Waals surface area contributed by atoms with Crippen LogP contribution in [0.3, 0.4) is 0 Å². The molecule has 1 aromatic heterocycles. The van der Waals surface area contributed by atoms with Crippen LogP contribution in [0.4, 0.5) is 5.69 Å². The highest BCUT2D eigenvalue weighted by molar-refractivity contribution is 7.99. The molecule has 0 spiro atoms. The van der Waals surface area contributed by atoms with Gasteiger partial charge in [0.1, 0.15) is 0 Å². The predicted octanol–water partition coefficient (Wildman–Crippen LogP) is 4.25. The molecule has 1 fully saturated rings. The second kappa shape index (κ2) is 9.48. The van der Waals surface area contributed by atoms with E-state index >= 15 is 0 Å². The summed E-state index contributed by atoms with van der Waals surface area (Å²) in [4.78, 5) is 13.5. The number of aromatic nitrogens is 2. The van der Waals surface area contributed by atoms with Gasteiger partial charge in [-0.15, -0.1) is 24.2 Å². The molecule has 1 atom stereocenters. The number of nitrogens with one attached hydrogen (secondary N) is 2. The maximum atomic E-state index is 12.5. The molecule has 2 aromatic rings. The third kappa shape index (κ3) is 5.14. The molecule has 136 valence electrons. The van der Waals surface area contributed by atoms with Gasteiger partial charge in [0.25, 0.3) is 5.91 Å². The molecular weight excluding hydrogens is 379 g/mol. The smallest absolute Gasteiger partial charge is 0.276 e. The van der Waals surface area contributed by atoms with Crippen LogP contribution >= 0.6 is 35.8 Å². The average molecular weight is 401 g/mol. The van der Waals surface area contributed by atoms with E-state index in [1.165, 1.54) is 0 Å². The molecule has 3 rings (SSSR count). The Bertz CT molecular complexity index is 716. The molecule has 1 saturated heterocycles. The number of carbonyl (C=O) groups excluding carboxylic acids is 1. The summed E-state index contributed by atoms with van der Waals surface area (Å²) in [5, 5.41) is 11.3. The summed E-state index contributed by atoms with van der Waals surface area (Å²) < 4.78 is 1.89. The largest absolute Gasteiger partial charge is 0.320 e. The van der Waals surface area contributed by atoms with E-state index in [4.69, 9.17) is 11.6 Å². The van der Waals surface area contributed by atoms with Crippen molar-refractivity contribution < 1.29 is 4.79 Å². The Kier molecular flexibility index (Phi) is 7.62. The Labute approximate surface area is 163 Å². The van der Waals surface area contributed by atoms with Crippen LogP contribution in [0.1, 0.15) is 36.3 Å². The normalized spacial score (nSPS) is 17.0. The minimum Gasteiger partial charge on any atom is -0.320 e. The Morgan fingerprint density at radius 1 is 1.48 bits per heavy atom. The van der Waals surface area contributed by atoms with Crippen LogP contribution in [0.25, 0.3) is 0 Å². The Balaban J connectivity index is 0.00000225. The van der Waals surface area contributed by atoms with Crippen LogP contribution in [0.2, 0.25) is 5.02 Å². The zero-order chi connectivity index (χ0) is 16.9. The van der Waals surface area contributed by atoms with Crippen molar-refractivity contribution >= 4 is 47.4 Å². The van der Waals surface area contributed by atoms with Gasteiger partial charge < -0.3 is 10.6 Å². The summed E-state index contributed by atoms with van der Waals surface area (Å²) in [6, 6.07) is 7.62. The van der Waals surface area contributed by atoms with Gasteiger partial charge in [0.05, 0.1) is 11.7 Å². The van der Waals surface area contributed by atoms with Crippen molar-refractivity contribution in [1.29, 1.82) is 0 Å². The van der Waals surface area contributed by atoms with E-state index in [2.05, 4.69) is 22.7 Å². The first kappa shape index (κ1) is 20.1. The third-order valence-corrected chi connectivity index (χ3v) is 5.17. The maximum absolute atomic E-state index is 12.5. The molecule has 0 aliphatic carbocycles. The van der Waals surface area contributed by atoms with Gasteiger partial charge in [0, 0.05) is 22.7 Å². The number of rotatable bonds is 5. The Morgan fingerprint density at radius 3 is 3.04 bits per heavy atom. The van der Waals surface area contributed by atoms with Crippen LogP contribution in [0, 0.1) is 0 Å². The second-order valence-corrected chi connectivity index (χ2v) is 7.45. The van der Waals surface area contributed by atoms with Crippen LogP contribution in [0.15, 0.2) is 35.4 Å². The number of carbonyl (C=O) groups is 1. The highest BCUT2D eigenvalue weighted by Gasteiger charge is 2.18. The Hall–Kier alpha value is -1.21. The van der Waals surface area contributed by atoms with E-state index in [-0.39, 0.29) is 18.3 Å². The molecule has 1 aromatic carbocycles. The first-order valence-corrected chi connectivity index (χ1v) is 9.53. The molecule has 8 heteroatoms.